The van der Waals surface area contributed by atoms with Crippen molar-refractivity contribution in [2.75, 3.05) is 25.9 Å². The molecule has 2 N–H and O–H groups in total. The summed E-state index contributed by atoms with van der Waals surface area (Å²) in [5.74, 6) is 1.46. The zero-order valence-electron chi connectivity index (χ0n) is 13.5. The Balaban J connectivity index is 1.58. The van der Waals surface area contributed by atoms with Gasteiger partial charge in [-0.15, -0.1) is 0 Å². The number of benzene rings is 1. The number of morpholine rings is 1. The maximum absolute atomic E-state index is 6.15. The lowest BCUT2D eigenvalue weighted by molar-refractivity contribution is -0.113. The number of likely N-dealkylation sites (N-methyl/N-ethyl adjacent to an activating group) is 1. The molecule has 1 aliphatic carbocycles. The Bertz CT molecular complexity index is 552. The number of nitrogen functional groups attached to an aromatic ring is 1. The zero-order valence-corrected chi connectivity index (χ0v) is 13.5. The van der Waals surface area contributed by atoms with Gasteiger partial charge in [-0.2, -0.15) is 0 Å². The summed E-state index contributed by atoms with van der Waals surface area (Å²) in [4.78, 5) is 2.40. The SMILES string of the molecule is Cc1cc(N)c(OC2CC2)cc1C1CC2CN(C)CC(C1)O2. The number of likely N-dealkylation sites (tertiary alicyclic amines) is 1. The Hall–Kier alpha value is -1.26. The van der Waals surface area contributed by atoms with Gasteiger partial charge in [0.2, 0.25) is 0 Å². The topological polar surface area (TPSA) is 47.7 Å². The first-order chi connectivity index (χ1) is 10.6. The Kier molecular flexibility index (Phi) is 3.54. The van der Waals surface area contributed by atoms with Crippen molar-refractivity contribution in [2.45, 2.75) is 56.8 Å². The molecule has 0 aromatic heterocycles. The number of hydrogen-bond acceptors (Lipinski definition) is 4. The van der Waals surface area contributed by atoms with E-state index in [4.69, 9.17) is 15.2 Å². The average Bonchev–Trinajstić information content (AvgIpc) is 3.24. The van der Waals surface area contributed by atoms with Gasteiger partial charge in [-0.05, 0) is 68.8 Å². The van der Waals surface area contributed by atoms with E-state index in [0.717, 1.165) is 50.2 Å². The summed E-state index contributed by atoms with van der Waals surface area (Å²) < 4.78 is 12.1. The lowest BCUT2D eigenvalue weighted by atomic mass is 9.82. The number of aryl methyl sites for hydroxylation is 1. The van der Waals surface area contributed by atoms with E-state index in [1.165, 1.54) is 11.1 Å². The van der Waals surface area contributed by atoms with Crippen LogP contribution in [0.3, 0.4) is 0 Å². The van der Waals surface area contributed by atoms with Crippen LogP contribution in [0.1, 0.15) is 42.7 Å². The molecule has 2 aliphatic heterocycles. The molecule has 0 amide bonds. The van der Waals surface area contributed by atoms with E-state index in [1.807, 2.05) is 0 Å². The number of fused-ring (bicyclic) bond motifs is 2. The zero-order chi connectivity index (χ0) is 15.3. The van der Waals surface area contributed by atoms with E-state index in [2.05, 4.69) is 31.0 Å². The highest BCUT2D eigenvalue weighted by Crippen LogP contribution is 2.41. The monoisotopic (exact) mass is 302 g/mol. The number of nitrogens with zero attached hydrogens (tertiary/aromatic N) is 1. The molecule has 0 radical (unpaired) electrons. The highest BCUT2D eigenvalue weighted by molar-refractivity contribution is 5.57. The molecule has 1 aromatic carbocycles. The fraction of sp³-hybridized carbons (Fsp3) is 0.667. The molecular weight excluding hydrogens is 276 g/mol. The number of rotatable bonds is 3. The van der Waals surface area contributed by atoms with Crippen LogP contribution in [0, 0.1) is 6.92 Å². The van der Waals surface area contributed by atoms with Gasteiger partial charge in [-0.25, -0.2) is 0 Å². The van der Waals surface area contributed by atoms with Crippen molar-refractivity contribution in [3.05, 3.63) is 23.3 Å². The van der Waals surface area contributed by atoms with E-state index in [-0.39, 0.29) is 0 Å². The second-order valence-electron chi connectivity index (χ2n) is 7.33. The van der Waals surface area contributed by atoms with Crippen LogP contribution < -0.4 is 10.5 Å². The van der Waals surface area contributed by atoms with Crippen molar-refractivity contribution in [3.63, 3.8) is 0 Å². The minimum atomic E-state index is 0.368. The second-order valence-corrected chi connectivity index (χ2v) is 7.33. The van der Waals surface area contributed by atoms with Gasteiger partial charge in [0.25, 0.3) is 0 Å². The molecule has 3 fully saturated rings. The van der Waals surface area contributed by atoms with E-state index in [9.17, 15) is 0 Å². The molecular formula is C18H26N2O2. The number of nitrogens with two attached hydrogens (primary N) is 1. The van der Waals surface area contributed by atoms with E-state index in [1.54, 1.807) is 0 Å². The Labute approximate surface area is 132 Å². The maximum atomic E-state index is 6.15. The molecule has 2 bridgehead atoms. The first-order valence-electron chi connectivity index (χ1n) is 8.49. The van der Waals surface area contributed by atoms with E-state index < -0.39 is 0 Å². The Morgan fingerprint density at radius 2 is 1.86 bits per heavy atom. The first kappa shape index (κ1) is 14.3. The third-order valence-electron chi connectivity index (χ3n) is 5.17. The fourth-order valence-electron chi connectivity index (χ4n) is 4.01. The van der Waals surface area contributed by atoms with E-state index >= 15 is 0 Å². The fourth-order valence-corrected chi connectivity index (χ4v) is 4.01. The van der Waals surface area contributed by atoms with Crippen molar-refractivity contribution in [1.29, 1.82) is 0 Å². The minimum absolute atomic E-state index is 0.368. The van der Waals surface area contributed by atoms with Gasteiger partial charge in [0.15, 0.2) is 0 Å². The summed E-state index contributed by atoms with van der Waals surface area (Å²) >= 11 is 0. The quantitative estimate of drug-likeness (QED) is 0.872. The molecule has 4 nitrogen and oxygen atoms in total. The molecule has 2 unspecified atom stereocenters. The molecule has 4 heteroatoms. The van der Waals surface area contributed by atoms with Crippen LogP contribution in [0.15, 0.2) is 12.1 Å². The van der Waals surface area contributed by atoms with Gasteiger partial charge in [0.1, 0.15) is 5.75 Å². The molecule has 3 aliphatic rings. The summed E-state index contributed by atoms with van der Waals surface area (Å²) in [5.41, 5.74) is 9.63. The number of hydrogen-bond donors (Lipinski definition) is 1. The molecule has 4 rings (SSSR count). The van der Waals surface area contributed by atoms with Crippen molar-refractivity contribution < 1.29 is 9.47 Å². The maximum Gasteiger partial charge on any atom is 0.142 e. The van der Waals surface area contributed by atoms with Crippen LogP contribution in [0.5, 0.6) is 5.75 Å². The lowest BCUT2D eigenvalue weighted by Gasteiger charge is -2.43. The third-order valence-corrected chi connectivity index (χ3v) is 5.17. The summed E-state index contributed by atoms with van der Waals surface area (Å²) in [6.07, 6.45) is 5.66. The normalized spacial score (nSPS) is 32.0. The molecule has 2 saturated heterocycles. The largest absolute Gasteiger partial charge is 0.488 e. The Morgan fingerprint density at radius 3 is 2.50 bits per heavy atom. The molecule has 120 valence electrons. The molecule has 2 heterocycles. The highest BCUT2D eigenvalue weighted by atomic mass is 16.5. The van der Waals surface area contributed by atoms with Crippen LogP contribution >= 0.6 is 0 Å². The van der Waals surface area contributed by atoms with Gasteiger partial charge in [-0.1, -0.05) is 0 Å². The van der Waals surface area contributed by atoms with Crippen LogP contribution in [0.25, 0.3) is 0 Å². The van der Waals surface area contributed by atoms with Crippen LogP contribution in [-0.2, 0) is 4.74 Å². The second kappa shape index (κ2) is 5.43. The standard InChI is InChI=1S/C18H26N2O2/c1-11-5-17(19)18(22-13-3-4-13)8-16(11)12-6-14-9-20(2)10-15(7-12)21-14/h5,8,12-15H,3-4,6-7,9-10,19H2,1-2H3. The summed E-state index contributed by atoms with van der Waals surface area (Å²) in [6, 6.07) is 4.29. The highest BCUT2D eigenvalue weighted by Gasteiger charge is 2.36. The predicted molar refractivity (Wildman–Crippen MR) is 87.4 cm³/mol. The van der Waals surface area contributed by atoms with Crippen molar-refractivity contribution in [3.8, 4) is 5.75 Å². The summed E-state index contributed by atoms with van der Waals surface area (Å²) in [6.45, 7) is 4.27. The minimum Gasteiger partial charge on any atom is -0.488 e. The van der Waals surface area contributed by atoms with Crippen LogP contribution in [0.4, 0.5) is 5.69 Å². The number of ether oxygens (including phenoxy) is 2. The third kappa shape index (κ3) is 2.82. The number of anilines is 1. The molecule has 1 saturated carbocycles. The summed E-state index contributed by atoms with van der Waals surface area (Å²) in [5, 5.41) is 0. The lowest BCUT2D eigenvalue weighted by Crippen LogP contribution is -2.49. The van der Waals surface area contributed by atoms with Crippen molar-refractivity contribution in [1.82, 2.24) is 4.90 Å². The van der Waals surface area contributed by atoms with Gasteiger partial charge in [0.05, 0.1) is 24.0 Å². The predicted octanol–water partition coefficient (Wildman–Crippen LogP) is 2.70. The summed E-state index contributed by atoms with van der Waals surface area (Å²) in [7, 11) is 2.19. The van der Waals surface area contributed by atoms with Crippen LogP contribution in [0.2, 0.25) is 0 Å². The van der Waals surface area contributed by atoms with Crippen molar-refractivity contribution >= 4 is 5.69 Å². The molecule has 0 spiro atoms. The molecule has 1 aromatic rings. The van der Waals surface area contributed by atoms with E-state index in [0.29, 0.717) is 24.2 Å². The first-order valence-corrected chi connectivity index (χ1v) is 8.49. The van der Waals surface area contributed by atoms with Crippen molar-refractivity contribution in [2.24, 2.45) is 0 Å². The van der Waals surface area contributed by atoms with Gasteiger partial charge in [-0.3, -0.25) is 0 Å². The van der Waals surface area contributed by atoms with Gasteiger partial charge < -0.3 is 20.1 Å². The molecule has 22 heavy (non-hydrogen) atoms. The van der Waals surface area contributed by atoms with Gasteiger partial charge in [0, 0.05) is 13.1 Å². The average molecular weight is 302 g/mol. The Morgan fingerprint density at radius 1 is 1.18 bits per heavy atom. The van der Waals surface area contributed by atoms with Gasteiger partial charge >= 0.3 is 0 Å². The smallest absolute Gasteiger partial charge is 0.142 e. The molecule has 2 atom stereocenters. The van der Waals surface area contributed by atoms with Crippen LogP contribution in [-0.4, -0.2) is 43.3 Å².